The number of amides is 1. The second-order valence-corrected chi connectivity index (χ2v) is 10.8. The van der Waals surface area contributed by atoms with Gasteiger partial charge < -0.3 is 15.1 Å². The monoisotopic (exact) mass is 481 g/mol. The second-order valence-electron chi connectivity index (χ2n) is 9.78. The van der Waals surface area contributed by atoms with Crippen LogP contribution in [0.2, 0.25) is 0 Å². The highest BCUT2D eigenvalue weighted by Gasteiger charge is 2.27. The lowest BCUT2D eigenvalue weighted by Crippen LogP contribution is -2.42. The number of aryl methyl sites for hydroxylation is 1. The Morgan fingerprint density at radius 3 is 2.50 bits per heavy atom. The van der Waals surface area contributed by atoms with E-state index in [1.807, 2.05) is 0 Å². The number of anilines is 1. The molecule has 2 aliphatic rings. The van der Waals surface area contributed by atoms with E-state index >= 15 is 0 Å². The number of piperidine rings is 1. The highest BCUT2D eigenvalue weighted by Crippen LogP contribution is 2.34. The van der Waals surface area contributed by atoms with Gasteiger partial charge >= 0.3 is 0 Å². The van der Waals surface area contributed by atoms with Crippen LogP contribution in [0.1, 0.15) is 56.9 Å². The Balaban J connectivity index is 1.21. The number of carbonyl (C=O) groups is 1. The van der Waals surface area contributed by atoms with Crippen molar-refractivity contribution in [2.75, 3.05) is 38.1 Å². The molecule has 0 unspecified atom stereocenters. The van der Waals surface area contributed by atoms with Crippen molar-refractivity contribution >= 4 is 23.5 Å². The Labute approximate surface area is 208 Å². The van der Waals surface area contributed by atoms with Crippen LogP contribution in [0, 0.1) is 12.8 Å². The highest BCUT2D eigenvalue weighted by atomic mass is 32.2. The molecule has 1 saturated heterocycles. The molecule has 1 aromatic heterocycles. The van der Waals surface area contributed by atoms with Crippen molar-refractivity contribution in [2.45, 2.75) is 74.3 Å². The molecule has 1 aliphatic heterocycles. The van der Waals surface area contributed by atoms with Crippen LogP contribution < -0.4 is 10.2 Å². The van der Waals surface area contributed by atoms with Crippen molar-refractivity contribution in [3.8, 4) is 0 Å². The van der Waals surface area contributed by atoms with Crippen LogP contribution >= 0.6 is 11.8 Å². The molecule has 0 spiro atoms. The van der Waals surface area contributed by atoms with Gasteiger partial charge in [0, 0.05) is 48.9 Å². The molecule has 6 nitrogen and oxygen atoms in total. The van der Waals surface area contributed by atoms with E-state index in [1.54, 1.807) is 24.2 Å². The summed E-state index contributed by atoms with van der Waals surface area (Å²) in [7, 11) is 2.24. The van der Waals surface area contributed by atoms with Gasteiger partial charge in [0.05, 0.1) is 0 Å². The number of nitrogens with zero attached hydrogens (tertiary/aromatic N) is 4. The minimum Gasteiger partial charge on any atom is -0.356 e. The van der Waals surface area contributed by atoms with Gasteiger partial charge in [-0.05, 0) is 64.8 Å². The summed E-state index contributed by atoms with van der Waals surface area (Å²) in [5.41, 5.74) is 1.25. The van der Waals surface area contributed by atoms with Crippen molar-refractivity contribution in [3.63, 3.8) is 0 Å². The molecule has 1 N–H and O–H groups in total. The van der Waals surface area contributed by atoms with E-state index in [9.17, 15) is 4.79 Å². The second kappa shape index (κ2) is 12.5. The molecule has 0 radical (unpaired) electrons. The lowest BCUT2D eigenvalue weighted by molar-refractivity contribution is -0.125. The third kappa shape index (κ3) is 6.95. The molecule has 4 rings (SSSR count). The van der Waals surface area contributed by atoms with Crippen LogP contribution in [0.4, 0.5) is 5.82 Å². The summed E-state index contributed by atoms with van der Waals surface area (Å²) in [4.78, 5) is 27.9. The smallest absolute Gasteiger partial charge is 0.223 e. The van der Waals surface area contributed by atoms with Crippen molar-refractivity contribution < 1.29 is 4.79 Å². The van der Waals surface area contributed by atoms with Gasteiger partial charge in [0.25, 0.3) is 0 Å². The summed E-state index contributed by atoms with van der Waals surface area (Å²) < 4.78 is 0. The van der Waals surface area contributed by atoms with Crippen LogP contribution in [-0.2, 0) is 4.79 Å². The van der Waals surface area contributed by atoms with Crippen molar-refractivity contribution in [2.24, 2.45) is 5.92 Å². The zero-order valence-electron chi connectivity index (χ0n) is 20.7. The Bertz CT molecular complexity index is 907. The summed E-state index contributed by atoms with van der Waals surface area (Å²) in [6.45, 7) is 5.61. The molecule has 7 heteroatoms. The molecule has 2 heterocycles. The van der Waals surface area contributed by atoms with Crippen molar-refractivity contribution in [3.05, 3.63) is 42.2 Å². The van der Waals surface area contributed by atoms with Gasteiger partial charge in [-0.1, -0.05) is 48.7 Å². The summed E-state index contributed by atoms with van der Waals surface area (Å²) in [5, 5.41) is 4.12. The Hall–Kier alpha value is -2.12. The number of rotatable bonds is 9. The van der Waals surface area contributed by atoms with E-state index < -0.39 is 0 Å². The molecular weight excluding hydrogens is 442 g/mol. The largest absolute Gasteiger partial charge is 0.356 e. The maximum atomic E-state index is 12.7. The first-order valence-corrected chi connectivity index (χ1v) is 13.7. The molecule has 184 valence electrons. The molecule has 1 aromatic carbocycles. The Morgan fingerprint density at radius 1 is 1.06 bits per heavy atom. The fraction of sp³-hybridized carbons (Fsp3) is 0.593. The number of benzene rings is 1. The number of aromatic nitrogens is 2. The topological polar surface area (TPSA) is 61.4 Å². The van der Waals surface area contributed by atoms with Gasteiger partial charge in [-0.2, -0.15) is 0 Å². The molecule has 0 bridgehead atoms. The first-order chi connectivity index (χ1) is 16.6. The quantitative estimate of drug-likeness (QED) is 0.513. The molecule has 2 aromatic rings. The normalized spacial score (nSPS) is 17.8. The maximum absolute atomic E-state index is 12.7. The van der Waals surface area contributed by atoms with Gasteiger partial charge in [0.1, 0.15) is 5.03 Å². The van der Waals surface area contributed by atoms with E-state index in [2.05, 4.69) is 63.3 Å². The maximum Gasteiger partial charge on any atom is 0.223 e. The molecule has 1 saturated carbocycles. The molecule has 0 atom stereocenters. The first kappa shape index (κ1) is 25.0. The third-order valence-corrected chi connectivity index (χ3v) is 8.22. The molecule has 2 fully saturated rings. The van der Waals surface area contributed by atoms with E-state index in [0.717, 1.165) is 67.2 Å². The minimum absolute atomic E-state index is 0.0946. The van der Waals surface area contributed by atoms with Gasteiger partial charge in [0.15, 0.2) is 5.82 Å². The third-order valence-electron chi connectivity index (χ3n) is 7.23. The molecule has 1 aliphatic carbocycles. The SMILES string of the molecule is Cc1ccc(Sc2nccnc2N2CCC(C(=O)NCCCN(C)C3CCCCC3)CC2)cc1. The predicted octanol–water partition coefficient (Wildman–Crippen LogP) is 4.92. The van der Waals surface area contributed by atoms with E-state index in [-0.39, 0.29) is 11.8 Å². The van der Waals surface area contributed by atoms with Crippen LogP contribution in [-0.4, -0.2) is 60.0 Å². The average molecular weight is 482 g/mol. The highest BCUT2D eigenvalue weighted by molar-refractivity contribution is 7.99. The summed E-state index contributed by atoms with van der Waals surface area (Å²) in [5.74, 6) is 1.24. The van der Waals surface area contributed by atoms with Gasteiger partial charge in [-0.15, -0.1) is 0 Å². The fourth-order valence-corrected chi connectivity index (χ4v) is 5.95. The van der Waals surface area contributed by atoms with Crippen LogP contribution in [0.3, 0.4) is 0 Å². The zero-order chi connectivity index (χ0) is 23.8. The van der Waals surface area contributed by atoms with Crippen LogP contribution in [0.15, 0.2) is 46.6 Å². The van der Waals surface area contributed by atoms with Crippen molar-refractivity contribution in [1.82, 2.24) is 20.2 Å². The van der Waals surface area contributed by atoms with Gasteiger partial charge in [-0.25, -0.2) is 9.97 Å². The lowest BCUT2D eigenvalue weighted by atomic mass is 9.94. The zero-order valence-corrected chi connectivity index (χ0v) is 21.5. The van der Waals surface area contributed by atoms with E-state index in [1.165, 1.54) is 37.7 Å². The lowest BCUT2D eigenvalue weighted by Gasteiger charge is -2.33. The molecule has 34 heavy (non-hydrogen) atoms. The fourth-order valence-electron chi connectivity index (χ4n) is 5.07. The first-order valence-electron chi connectivity index (χ1n) is 12.9. The predicted molar refractivity (Wildman–Crippen MR) is 139 cm³/mol. The van der Waals surface area contributed by atoms with Gasteiger partial charge in [0.2, 0.25) is 5.91 Å². The number of carbonyl (C=O) groups excluding carboxylic acids is 1. The van der Waals surface area contributed by atoms with Crippen LogP contribution in [0.5, 0.6) is 0 Å². The molecular formula is C27H39N5OS. The standard InChI is InChI=1S/C27H39N5OS/c1-21-9-11-24(12-10-21)34-27-25(28-16-17-30-27)32-19-13-22(14-20-32)26(33)29-15-6-18-31(2)23-7-4-3-5-8-23/h9-12,16-17,22-23H,3-8,13-15,18-20H2,1-2H3,(H,29,33). The number of hydrogen-bond donors (Lipinski definition) is 1. The van der Waals surface area contributed by atoms with E-state index in [0.29, 0.717) is 0 Å². The number of nitrogens with one attached hydrogen (secondary N) is 1. The Kier molecular flexibility index (Phi) is 9.22. The summed E-state index contributed by atoms with van der Waals surface area (Å²) in [6.07, 6.45) is 13.1. The minimum atomic E-state index is 0.0946. The van der Waals surface area contributed by atoms with E-state index in [4.69, 9.17) is 0 Å². The van der Waals surface area contributed by atoms with Crippen LogP contribution in [0.25, 0.3) is 0 Å². The van der Waals surface area contributed by atoms with Gasteiger partial charge in [-0.3, -0.25) is 4.79 Å². The number of hydrogen-bond acceptors (Lipinski definition) is 6. The molecule has 1 amide bonds. The summed E-state index contributed by atoms with van der Waals surface area (Å²) >= 11 is 1.65. The summed E-state index contributed by atoms with van der Waals surface area (Å²) in [6, 6.07) is 9.24. The average Bonchev–Trinajstić information content (AvgIpc) is 2.88. The van der Waals surface area contributed by atoms with Crippen molar-refractivity contribution in [1.29, 1.82) is 0 Å². The Morgan fingerprint density at radius 2 is 1.76 bits per heavy atom.